The van der Waals surface area contributed by atoms with Crippen LogP contribution in [-0.2, 0) is 0 Å². The Bertz CT molecular complexity index is 359. The molecule has 0 unspecified atom stereocenters. The fraction of sp³-hybridized carbons (Fsp3) is 0.538. The van der Waals surface area contributed by atoms with Gasteiger partial charge < -0.3 is 10.6 Å². The summed E-state index contributed by atoms with van der Waals surface area (Å²) in [7, 11) is 0. The zero-order valence-corrected chi connectivity index (χ0v) is 10.8. The number of carbonyl (C=O) groups excluding carboxylic acids is 1. The average Bonchev–Trinajstić information content (AvgIpc) is 2.29. The van der Waals surface area contributed by atoms with Gasteiger partial charge in [-0.1, -0.05) is 0 Å². The van der Waals surface area contributed by atoms with Crippen molar-refractivity contribution in [2.75, 3.05) is 13.1 Å². The highest BCUT2D eigenvalue weighted by Crippen LogP contribution is 2.08. The van der Waals surface area contributed by atoms with Crippen molar-refractivity contribution in [2.24, 2.45) is 5.73 Å². The van der Waals surface area contributed by atoms with Gasteiger partial charge in [-0.2, -0.15) is 0 Å². The van der Waals surface area contributed by atoms with Crippen molar-refractivity contribution >= 4 is 5.91 Å². The Kier molecular flexibility index (Phi) is 5.10. The Morgan fingerprint density at radius 2 is 2.18 bits per heavy atom. The van der Waals surface area contributed by atoms with Crippen LogP contribution in [-0.4, -0.2) is 34.9 Å². The van der Waals surface area contributed by atoms with Gasteiger partial charge in [-0.25, -0.2) is 0 Å². The van der Waals surface area contributed by atoms with E-state index in [0.29, 0.717) is 18.7 Å². The lowest BCUT2D eigenvalue weighted by Gasteiger charge is -2.26. The van der Waals surface area contributed by atoms with Gasteiger partial charge in [-0.15, -0.1) is 0 Å². The smallest absolute Gasteiger partial charge is 0.255 e. The van der Waals surface area contributed by atoms with Crippen LogP contribution in [0.25, 0.3) is 0 Å². The van der Waals surface area contributed by atoms with Gasteiger partial charge in [0.15, 0.2) is 0 Å². The first-order chi connectivity index (χ1) is 8.06. The molecule has 0 spiro atoms. The van der Waals surface area contributed by atoms with E-state index in [1.807, 2.05) is 37.8 Å². The van der Waals surface area contributed by atoms with Gasteiger partial charge in [0.05, 0.1) is 5.56 Å². The lowest BCUT2D eigenvalue weighted by molar-refractivity contribution is 0.0704. The molecule has 0 bridgehead atoms. The second-order valence-corrected chi connectivity index (χ2v) is 4.42. The molecular formula is C13H21N3O. The molecule has 0 radical (unpaired) electrons. The third-order valence-electron chi connectivity index (χ3n) is 2.65. The van der Waals surface area contributed by atoms with E-state index in [9.17, 15) is 4.79 Å². The summed E-state index contributed by atoms with van der Waals surface area (Å²) in [5.74, 6) is 0.0287. The Labute approximate surface area is 103 Å². The van der Waals surface area contributed by atoms with Crippen molar-refractivity contribution in [2.45, 2.75) is 33.2 Å². The van der Waals surface area contributed by atoms with E-state index in [2.05, 4.69) is 4.98 Å². The predicted octanol–water partition coefficient (Wildman–Crippen LogP) is 1.59. The summed E-state index contributed by atoms with van der Waals surface area (Å²) in [6.07, 6.45) is 2.46. The number of nitrogens with two attached hydrogens (primary N) is 1. The van der Waals surface area contributed by atoms with Crippen LogP contribution in [0.4, 0.5) is 0 Å². The van der Waals surface area contributed by atoms with Crippen LogP contribution in [0.15, 0.2) is 18.3 Å². The molecular weight excluding hydrogens is 214 g/mol. The summed E-state index contributed by atoms with van der Waals surface area (Å²) in [6, 6.07) is 3.85. The van der Waals surface area contributed by atoms with Crippen molar-refractivity contribution < 1.29 is 4.79 Å². The number of carbonyl (C=O) groups is 1. The van der Waals surface area contributed by atoms with Crippen LogP contribution in [0.3, 0.4) is 0 Å². The Balaban J connectivity index is 2.80. The zero-order valence-electron chi connectivity index (χ0n) is 10.8. The molecule has 0 aliphatic rings. The topological polar surface area (TPSA) is 59.2 Å². The van der Waals surface area contributed by atoms with Gasteiger partial charge in [0.1, 0.15) is 0 Å². The Morgan fingerprint density at radius 3 is 2.65 bits per heavy atom. The molecule has 17 heavy (non-hydrogen) atoms. The van der Waals surface area contributed by atoms with Gasteiger partial charge in [-0.3, -0.25) is 9.78 Å². The van der Waals surface area contributed by atoms with E-state index in [4.69, 9.17) is 5.73 Å². The Hall–Kier alpha value is -1.42. The molecule has 1 aromatic rings. The second-order valence-electron chi connectivity index (χ2n) is 4.42. The van der Waals surface area contributed by atoms with Crippen LogP contribution in [0.5, 0.6) is 0 Å². The van der Waals surface area contributed by atoms with Crippen LogP contribution in [0.1, 0.15) is 36.3 Å². The molecule has 1 heterocycles. The van der Waals surface area contributed by atoms with Crippen LogP contribution < -0.4 is 5.73 Å². The first kappa shape index (κ1) is 13.6. The molecule has 0 aliphatic heterocycles. The zero-order chi connectivity index (χ0) is 12.8. The number of aryl methyl sites for hydroxylation is 1. The summed E-state index contributed by atoms with van der Waals surface area (Å²) >= 11 is 0. The average molecular weight is 235 g/mol. The van der Waals surface area contributed by atoms with Crippen molar-refractivity contribution in [1.29, 1.82) is 0 Å². The number of pyridine rings is 1. The summed E-state index contributed by atoms with van der Waals surface area (Å²) in [5.41, 5.74) is 7.04. The lowest BCUT2D eigenvalue weighted by Crippen LogP contribution is -2.38. The van der Waals surface area contributed by atoms with Crippen molar-refractivity contribution in [1.82, 2.24) is 9.88 Å². The summed E-state index contributed by atoms with van der Waals surface area (Å²) in [6.45, 7) is 7.22. The Morgan fingerprint density at radius 1 is 1.47 bits per heavy atom. The fourth-order valence-corrected chi connectivity index (χ4v) is 1.62. The SMILES string of the molecule is Cc1ccc(C(=O)N(CCCN)C(C)C)cn1. The third kappa shape index (κ3) is 3.82. The first-order valence-electron chi connectivity index (χ1n) is 6.00. The normalized spacial score (nSPS) is 10.6. The molecule has 1 aromatic heterocycles. The molecule has 1 amide bonds. The largest absolute Gasteiger partial charge is 0.336 e. The lowest BCUT2D eigenvalue weighted by atomic mass is 10.2. The van der Waals surface area contributed by atoms with Crippen LogP contribution >= 0.6 is 0 Å². The summed E-state index contributed by atoms with van der Waals surface area (Å²) in [4.78, 5) is 18.2. The van der Waals surface area contributed by atoms with Gasteiger partial charge in [0.25, 0.3) is 5.91 Å². The van der Waals surface area contributed by atoms with Gasteiger partial charge in [0.2, 0.25) is 0 Å². The quantitative estimate of drug-likeness (QED) is 0.843. The number of rotatable bonds is 5. The van der Waals surface area contributed by atoms with E-state index >= 15 is 0 Å². The number of amides is 1. The first-order valence-corrected chi connectivity index (χ1v) is 6.00. The molecule has 0 aliphatic carbocycles. The minimum absolute atomic E-state index is 0.0287. The number of nitrogens with zero attached hydrogens (tertiary/aromatic N) is 2. The molecule has 0 saturated carbocycles. The van der Waals surface area contributed by atoms with E-state index < -0.39 is 0 Å². The van der Waals surface area contributed by atoms with E-state index in [1.54, 1.807) is 6.20 Å². The van der Waals surface area contributed by atoms with E-state index in [-0.39, 0.29) is 11.9 Å². The van der Waals surface area contributed by atoms with Crippen molar-refractivity contribution in [3.63, 3.8) is 0 Å². The minimum atomic E-state index is 0.0287. The summed E-state index contributed by atoms with van der Waals surface area (Å²) in [5, 5.41) is 0. The fourth-order valence-electron chi connectivity index (χ4n) is 1.62. The van der Waals surface area contributed by atoms with Gasteiger partial charge in [0, 0.05) is 24.5 Å². The molecule has 2 N–H and O–H groups in total. The maximum absolute atomic E-state index is 12.2. The number of hydrogen-bond acceptors (Lipinski definition) is 3. The van der Waals surface area contributed by atoms with Crippen LogP contribution in [0, 0.1) is 6.92 Å². The second kappa shape index (κ2) is 6.35. The van der Waals surface area contributed by atoms with Crippen molar-refractivity contribution in [3.05, 3.63) is 29.6 Å². The molecule has 0 saturated heterocycles. The molecule has 4 nitrogen and oxygen atoms in total. The number of aromatic nitrogens is 1. The predicted molar refractivity (Wildman–Crippen MR) is 68.8 cm³/mol. The highest BCUT2D eigenvalue weighted by atomic mass is 16.2. The van der Waals surface area contributed by atoms with Crippen molar-refractivity contribution in [3.8, 4) is 0 Å². The molecule has 1 rings (SSSR count). The van der Waals surface area contributed by atoms with E-state index in [1.165, 1.54) is 0 Å². The summed E-state index contributed by atoms with van der Waals surface area (Å²) < 4.78 is 0. The highest BCUT2D eigenvalue weighted by molar-refractivity contribution is 5.94. The molecule has 4 heteroatoms. The monoisotopic (exact) mass is 235 g/mol. The van der Waals surface area contributed by atoms with E-state index in [0.717, 1.165) is 12.1 Å². The molecule has 94 valence electrons. The number of hydrogen-bond donors (Lipinski definition) is 1. The standard InChI is InChI=1S/C13H21N3O/c1-10(2)16(8-4-7-14)13(17)12-6-5-11(3)15-9-12/h5-6,9-10H,4,7-8,14H2,1-3H3. The third-order valence-corrected chi connectivity index (χ3v) is 2.65. The van der Waals surface area contributed by atoms with Gasteiger partial charge >= 0.3 is 0 Å². The minimum Gasteiger partial charge on any atom is -0.336 e. The van der Waals surface area contributed by atoms with Crippen LogP contribution in [0.2, 0.25) is 0 Å². The molecule has 0 aromatic carbocycles. The molecule has 0 fully saturated rings. The maximum atomic E-state index is 12.2. The molecule has 0 atom stereocenters. The van der Waals surface area contributed by atoms with Gasteiger partial charge in [-0.05, 0) is 45.9 Å². The highest BCUT2D eigenvalue weighted by Gasteiger charge is 2.18. The maximum Gasteiger partial charge on any atom is 0.255 e.